The maximum atomic E-state index is 13.1. The number of hydrogen-bond donors (Lipinski definition) is 1. The highest BCUT2D eigenvalue weighted by atomic mass is 32.2. The Kier molecular flexibility index (Phi) is 5.54. The summed E-state index contributed by atoms with van der Waals surface area (Å²) >= 11 is 0. The van der Waals surface area contributed by atoms with Crippen LogP contribution in [0.2, 0.25) is 0 Å². The van der Waals surface area contributed by atoms with E-state index in [0.29, 0.717) is 37.0 Å². The minimum absolute atomic E-state index is 0.450. The predicted molar refractivity (Wildman–Crippen MR) is 92.3 cm³/mol. The van der Waals surface area contributed by atoms with Crippen molar-refractivity contribution >= 4 is 16.1 Å². The van der Waals surface area contributed by atoms with Gasteiger partial charge in [-0.15, -0.1) is 0 Å². The smallest absolute Gasteiger partial charge is 0.402 e. The molecule has 0 aliphatic heterocycles. The Hall–Kier alpha value is -1.61. The molecule has 0 spiro atoms. The molecule has 0 radical (unpaired) electrons. The van der Waals surface area contributed by atoms with Crippen LogP contribution in [0.15, 0.2) is 30.6 Å². The molecular formula is C18H23F2NO5S. The van der Waals surface area contributed by atoms with Gasteiger partial charge in [0.1, 0.15) is 0 Å². The highest BCUT2D eigenvalue weighted by Gasteiger charge is 2.56. The summed E-state index contributed by atoms with van der Waals surface area (Å²) in [5, 5.41) is -4.45. The zero-order valence-corrected chi connectivity index (χ0v) is 15.6. The number of nitrogens with zero attached hydrogens (tertiary/aromatic N) is 1. The molecule has 4 fully saturated rings. The van der Waals surface area contributed by atoms with Gasteiger partial charge in [-0.2, -0.15) is 17.2 Å². The number of aromatic nitrogens is 1. The summed E-state index contributed by atoms with van der Waals surface area (Å²) in [6, 6.07) is 5.72. The second kappa shape index (κ2) is 7.43. The summed E-state index contributed by atoms with van der Waals surface area (Å²) in [6.45, 7) is -1.62. The van der Waals surface area contributed by atoms with Crippen molar-refractivity contribution in [1.82, 2.24) is 4.98 Å². The molecule has 0 unspecified atom stereocenters. The molecule has 0 amide bonds. The van der Waals surface area contributed by atoms with Crippen molar-refractivity contribution in [3.05, 3.63) is 30.6 Å². The fourth-order valence-corrected chi connectivity index (χ4v) is 5.26. The Morgan fingerprint density at radius 2 is 1.56 bits per heavy atom. The summed E-state index contributed by atoms with van der Waals surface area (Å²) in [5.74, 6) is 0.618. The van der Waals surface area contributed by atoms with Crippen LogP contribution in [0.3, 0.4) is 0 Å². The third-order valence-electron chi connectivity index (χ3n) is 5.79. The number of rotatable bonds is 4. The number of esters is 1. The summed E-state index contributed by atoms with van der Waals surface area (Å²) in [4.78, 5) is 16.0. The molecule has 27 heavy (non-hydrogen) atoms. The molecule has 4 aliphatic rings. The van der Waals surface area contributed by atoms with Gasteiger partial charge in [0.25, 0.3) is 0 Å². The topological polar surface area (TPSA) is 93.6 Å². The van der Waals surface area contributed by atoms with Crippen LogP contribution < -0.4 is 0 Å². The van der Waals surface area contributed by atoms with E-state index in [1.54, 1.807) is 12.4 Å². The monoisotopic (exact) mass is 403 g/mol. The highest BCUT2D eigenvalue weighted by molar-refractivity contribution is 7.86. The van der Waals surface area contributed by atoms with Gasteiger partial charge < -0.3 is 4.74 Å². The molecule has 4 bridgehead atoms. The van der Waals surface area contributed by atoms with Gasteiger partial charge in [0.2, 0.25) is 0 Å². The third kappa shape index (κ3) is 4.45. The summed E-state index contributed by atoms with van der Waals surface area (Å²) < 4.78 is 60.4. The van der Waals surface area contributed by atoms with E-state index in [-0.39, 0.29) is 0 Å². The lowest BCUT2D eigenvalue weighted by Crippen LogP contribution is -2.51. The Balaban J connectivity index is 0.000000299. The molecule has 1 aromatic heterocycles. The molecule has 1 N–H and O–H groups in total. The van der Waals surface area contributed by atoms with Crippen LogP contribution in [0.25, 0.3) is 0 Å². The van der Waals surface area contributed by atoms with Crippen molar-refractivity contribution in [2.24, 2.45) is 23.2 Å². The first kappa shape index (κ1) is 20.1. The maximum Gasteiger partial charge on any atom is 0.402 e. The lowest BCUT2D eigenvalue weighted by atomic mass is 9.49. The van der Waals surface area contributed by atoms with Crippen LogP contribution in [0, 0.1) is 23.2 Å². The van der Waals surface area contributed by atoms with E-state index in [4.69, 9.17) is 4.55 Å². The first-order chi connectivity index (χ1) is 12.6. The molecule has 9 heteroatoms. The first-order valence-corrected chi connectivity index (χ1v) is 10.4. The molecule has 6 nitrogen and oxygen atoms in total. The number of carbonyl (C=O) groups is 1. The summed E-state index contributed by atoms with van der Waals surface area (Å²) in [6.07, 6.45) is 8.72. The van der Waals surface area contributed by atoms with Gasteiger partial charge in [0, 0.05) is 12.4 Å². The second-order valence-electron chi connectivity index (χ2n) is 7.91. The average Bonchev–Trinajstić information content (AvgIpc) is 2.59. The Bertz CT molecular complexity index is 707. The number of carbonyl (C=O) groups excluding carboxylic acids is 1. The van der Waals surface area contributed by atoms with Crippen LogP contribution >= 0.6 is 0 Å². The van der Waals surface area contributed by atoms with Gasteiger partial charge in [0.05, 0.1) is 5.41 Å². The lowest BCUT2D eigenvalue weighted by molar-refractivity contribution is -0.176. The highest BCUT2D eigenvalue weighted by Crippen LogP contribution is 2.60. The average molecular weight is 403 g/mol. The van der Waals surface area contributed by atoms with Gasteiger partial charge in [-0.25, -0.2) is 0 Å². The maximum absolute atomic E-state index is 13.1. The van der Waals surface area contributed by atoms with Crippen LogP contribution in [0.1, 0.15) is 38.5 Å². The first-order valence-electron chi connectivity index (χ1n) is 8.98. The van der Waals surface area contributed by atoms with Crippen molar-refractivity contribution in [3.8, 4) is 0 Å². The number of ether oxygens (including phenoxy) is 1. The number of pyridine rings is 1. The van der Waals surface area contributed by atoms with Crippen LogP contribution in [-0.2, 0) is 19.6 Å². The van der Waals surface area contributed by atoms with Crippen LogP contribution in [0.5, 0.6) is 0 Å². The quantitative estimate of drug-likeness (QED) is 0.612. The SMILES string of the molecule is O=C(OCC(F)(F)S(=O)(=O)O)C12CC3CC(CC(C3)C1)C2.c1ccncc1. The van der Waals surface area contributed by atoms with E-state index in [0.717, 1.165) is 19.3 Å². The lowest BCUT2D eigenvalue weighted by Gasteiger charge is -2.55. The van der Waals surface area contributed by atoms with E-state index < -0.39 is 33.4 Å². The fourth-order valence-electron chi connectivity index (χ4n) is 5.05. The standard InChI is InChI=1S/C13H18F2O5S.C5H5N/c14-13(15,21(17,18)19)7-20-11(16)12-4-8-1-9(5-12)3-10(2-8)6-12;1-2-4-6-5-3-1/h8-10H,1-7H2,(H,17,18,19);1-5H. The Morgan fingerprint density at radius 3 is 1.89 bits per heavy atom. The normalized spacial score (nSPS) is 31.7. The predicted octanol–water partition coefficient (Wildman–Crippen LogP) is 3.31. The van der Waals surface area contributed by atoms with E-state index >= 15 is 0 Å². The van der Waals surface area contributed by atoms with E-state index in [2.05, 4.69) is 9.72 Å². The van der Waals surface area contributed by atoms with Gasteiger partial charge in [-0.05, 0) is 68.4 Å². The molecule has 1 aromatic rings. The fraction of sp³-hybridized carbons (Fsp3) is 0.667. The van der Waals surface area contributed by atoms with Crippen molar-refractivity contribution in [2.45, 2.75) is 43.8 Å². The minimum atomic E-state index is -5.56. The Labute approximate surface area is 157 Å². The second-order valence-corrected chi connectivity index (χ2v) is 9.46. The van der Waals surface area contributed by atoms with Gasteiger partial charge in [-0.1, -0.05) is 6.07 Å². The molecule has 0 atom stereocenters. The van der Waals surface area contributed by atoms with Gasteiger partial charge in [-0.3, -0.25) is 14.3 Å². The molecular weight excluding hydrogens is 380 g/mol. The van der Waals surface area contributed by atoms with E-state index in [1.807, 2.05) is 18.2 Å². The summed E-state index contributed by atoms with van der Waals surface area (Å²) in [7, 11) is -5.56. The molecule has 0 aromatic carbocycles. The van der Waals surface area contributed by atoms with Crippen LogP contribution in [0.4, 0.5) is 8.78 Å². The third-order valence-corrected chi connectivity index (χ3v) is 6.66. The molecule has 1 heterocycles. The summed E-state index contributed by atoms with van der Waals surface area (Å²) in [5.41, 5.74) is -0.718. The Morgan fingerprint density at radius 1 is 1.07 bits per heavy atom. The van der Waals surface area contributed by atoms with Crippen molar-refractivity contribution < 1.29 is 31.3 Å². The zero-order chi connectivity index (χ0) is 19.7. The molecule has 5 rings (SSSR count). The number of halogens is 2. The van der Waals surface area contributed by atoms with Gasteiger partial charge >= 0.3 is 21.3 Å². The van der Waals surface area contributed by atoms with Crippen LogP contribution in [-0.4, -0.2) is 35.8 Å². The van der Waals surface area contributed by atoms with E-state index in [1.165, 1.54) is 0 Å². The van der Waals surface area contributed by atoms with E-state index in [9.17, 15) is 22.0 Å². The van der Waals surface area contributed by atoms with Gasteiger partial charge in [0.15, 0.2) is 6.61 Å². The zero-order valence-electron chi connectivity index (χ0n) is 14.8. The number of hydrogen-bond acceptors (Lipinski definition) is 5. The van der Waals surface area contributed by atoms with Crippen molar-refractivity contribution in [1.29, 1.82) is 0 Å². The van der Waals surface area contributed by atoms with Crippen molar-refractivity contribution in [3.63, 3.8) is 0 Å². The minimum Gasteiger partial charge on any atom is -0.458 e. The molecule has 150 valence electrons. The molecule has 0 saturated heterocycles. The number of alkyl halides is 2. The molecule has 4 aliphatic carbocycles. The molecule has 4 saturated carbocycles. The van der Waals surface area contributed by atoms with Crippen molar-refractivity contribution in [2.75, 3.05) is 6.61 Å². The largest absolute Gasteiger partial charge is 0.458 e.